The zero-order valence-corrected chi connectivity index (χ0v) is 18.9. The Balaban J connectivity index is 1.71. The molecule has 1 atom stereocenters. The van der Waals surface area contributed by atoms with Crippen LogP contribution in [0.5, 0.6) is 0 Å². The van der Waals surface area contributed by atoms with E-state index in [0.29, 0.717) is 10.1 Å². The summed E-state index contributed by atoms with van der Waals surface area (Å²) in [5, 5.41) is 10.6. The molecule has 0 bridgehead atoms. The highest BCUT2D eigenvalue weighted by Gasteiger charge is 2.30. The number of rotatable bonds is 8. The fourth-order valence-corrected chi connectivity index (χ4v) is 5.56. The van der Waals surface area contributed by atoms with Gasteiger partial charge in [-0.3, -0.25) is 14.4 Å². The Labute approximate surface area is 186 Å². The molecule has 3 aromatic rings. The molecule has 0 spiro atoms. The number of hydrogen-bond acceptors (Lipinski definition) is 7. The van der Waals surface area contributed by atoms with Crippen LogP contribution in [0.4, 0.5) is 19.6 Å². The van der Waals surface area contributed by atoms with Gasteiger partial charge in [0.25, 0.3) is 0 Å². The highest BCUT2D eigenvalue weighted by molar-refractivity contribution is 8.00. The fourth-order valence-electron chi connectivity index (χ4n) is 2.68. The molecule has 12 heteroatoms. The van der Waals surface area contributed by atoms with Gasteiger partial charge in [-0.05, 0) is 24.6 Å². The molecule has 0 radical (unpaired) electrons. The summed E-state index contributed by atoms with van der Waals surface area (Å²) >= 11 is 2.60. The molecule has 2 aromatic carbocycles. The van der Waals surface area contributed by atoms with Crippen LogP contribution in [0.1, 0.15) is 12.5 Å². The van der Waals surface area contributed by atoms with Crippen molar-refractivity contribution in [3.8, 4) is 0 Å². The van der Waals surface area contributed by atoms with E-state index in [-0.39, 0.29) is 10.8 Å². The van der Waals surface area contributed by atoms with Crippen molar-refractivity contribution in [2.45, 2.75) is 23.1 Å². The Morgan fingerprint density at radius 1 is 1.16 bits per heavy atom. The highest BCUT2D eigenvalue weighted by Crippen LogP contribution is 2.29. The second kappa shape index (κ2) is 9.71. The summed E-state index contributed by atoms with van der Waals surface area (Å²) in [7, 11) is -3.97. The number of amides is 1. The zero-order chi connectivity index (χ0) is 22.6. The van der Waals surface area contributed by atoms with E-state index < -0.39 is 33.6 Å². The van der Waals surface area contributed by atoms with E-state index in [1.165, 1.54) is 18.7 Å². The monoisotopic (exact) mass is 484 g/mol. The Bertz CT molecular complexity index is 1170. The molecule has 0 aliphatic carbocycles. The van der Waals surface area contributed by atoms with Crippen LogP contribution in [-0.2, 0) is 20.6 Å². The quantitative estimate of drug-likeness (QED) is 0.385. The number of sulfonamides is 1. The SMILES string of the molecule is CC(C(=O)Nc1nnc(SCc2ccccc2)s1)N(c1ccc(F)c(F)c1)S(C)(=O)=O. The van der Waals surface area contributed by atoms with Crippen LogP contribution in [-0.4, -0.2) is 36.8 Å². The molecule has 164 valence electrons. The Hall–Kier alpha value is -2.57. The zero-order valence-electron chi connectivity index (χ0n) is 16.5. The standard InChI is InChI=1S/C19H18F2N4O3S3/c1-12(25(31(2,27)28)14-8-9-15(20)16(21)10-14)17(26)22-18-23-24-19(30-18)29-11-13-6-4-3-5-7-13/h3-10,12H,11H2,1-2H3,(H,22,23,26). The van der Waals surface area contributed by atoms with Gasteiger partial charge in [0.1, 0.15) is 6.04 Å². The molecule has 0 saturated carbocycles. The van der Waals surface area contributed by atoms with Crippen molar-refractivity contribution in [1.29, 1.82) is 0 Å². The number of hydrogen-bond donors (Lipinski definition) is 1. The van der Waals surface area contributed by atoms with Gasteiger partial charge >= 0.3 is 0 Å². The normalized spacial score (nSPS) is 12.4. The van der Waals surface area contributed by atoms with Crippen LogP contribution < -0.4 is 9.62 Å². The van der Waals surface area contributed by atoms with Gasteiger partial charge in [-0.25, -0.2) is 17.2 Å². The molecule has 0 saturated heterocycles. The fraction of sp³-hybridized carbons (Fsp3) is 0.211. The van der Waals surface area contributed by atoms with Gasteiger partial charge in [0.05, 0.1) is 11.9 Å². The highest BCUT2D eigenvalue weighted by atomic mass is 32.2. The molecule has 1 N–H and O–H groups in total. The van der Waals surface area contributed by atoms with Gasteiger partial charge in [-0.15, -0.1) is 10.2 Å². The lowest BCUT2D eigenvalue weighted by Crippen LogP contribution is -2.45. The third kappa shape index (κ3) is 5.99. The molecule has 1 unspecified atom stereocenters. The number of benzene rings is 2. The molecule has 7 nitrogen and oxygen atoms in total. The van der Waals surface area contributed by atoms with Crippen molar-refractivity contribution < 1.29 is 22.0 Å². The van der Waals surface area contributed by atoms with Gasteiger partial charge in [0.2, 0.25) is 21.1 Å². The molecule has 0 aliphatic rings. The smallest absolute Gasteiger partial charge is 0.249 e. The Morgan fingerprint density at radius 3 is 2.52 bits per heavy atom. The topological polar surface area (TPSA) is 92.3 Å². The first kappa shape index (κ1) is 23.1. The van der Waals surface area contributed by atoms with Crippen molar-refractivity contribution in [3.05, 3.63) is 65.7 Å². The minimum atomic E-state index is -3.97. The molecule has 1 aromatic heterocycles. The second-order valence-electron chi connectivity index (χ2n) is 6.47. The predicted octanol–water partition coefficient (Wildman–Crippen LogP) is 3.90. The van der Waals surface area contributed by atoms with Gasteiger partial charge in [-0.2, -0.15) is 0 Å². The minimum absolute atomic E-state index is 0.166. The molecule has 1 heterocycles. The van der Waals surface area contributed by atoms with Gasteiger partial charge in [0, 0.05) is 11.8 Å². The summed E-state index contributed by atoms with van der Waals surface area (Å²) in [6.07, 6.45) is 0.876. The van der Waals surface area contributed by atoms with Crippen molar-refractivity contribution in [2.75, 3.05) is 15.9 Å². The molecule has 0 fully saturated rings. The second-order valence-corrected chi connectivity index (χ2v) is 10.5. The summed E-state index contributed by atoms with van der Waals surface area (Å²) in [4.78, 5) is 12.7. The number of anilines is 2. The van der Waals surface area contributed by atoms with Gasteiger partial charge in [-0.1, -0.05) is 53.4 Å². The van der Waals surface area contributed by atoms with Crippen LogP contribution in [0.15, 0.2) is 52.9 Å². The lowest BCUT2D eigenvalue weighted by Gasteiger charge is -2.27. The number of halogens is 2. The number of aromatic nitrogens is 2. The molecule has 31 heavy (non-hydrogen) atoms. The van der Waals surface area contributed by atoms with Gasteiger partial charge < -0.3 is 0 Å². The maximum Gasteiger partial charge on any atom is 0.249 e. The van der Waals surface area contributed by atoms with E-state index >= 15 is 0 Å². The van der Waals surface area contributed by atoms with E-state index in [9.17, 15) is 22.0 Å². The average Bonchev–Trinajstić information content (AvgIpc) is 3.16. The Morgan fingerprint density at radius 2 is 1.87 bits per heavy atom. The molecule has 0 aliphatic heterocycles. The van der Waals surface area contributed by atoms with E-state index in [0.717, 1.165) is 45.7 Å². The largest absolute Gasteiger partial charge is 0.299 e. The first-order valence-electron chi connectivity index (χ1n) is 8.90. The van der Waals surface area contributed by atoms with Crippen molar-refractivity contribution in [3.63, 3.8) is 0 Å². The van der Waals surface area contributed by atoms with E-state index in [1.54, 1.807) is 0 Å². The molecular weight excluding hydrogens is 466 g/mol. The van der Waals surface area contributed by atoms with Crippen LogP contribution in [0.25, 0.3) is 0 Å². The van der Waals surface area contributed by atoms with Crippen molar-refractivity contribution in [2.24, 2.45) is 0 Å². The summed E-state index contributed by atoms with van der Waals surface area (Å²) in [5.41, 5.74) is 0.942. The van der Waals surface area contributed by atoms with Gasteiger partial charge in [0.15, 0.2) is 16.0 Å². The van der Waals surface area contributed by atoms with Crippen molar-refractivity contribution >= 4 is 49.8 Å². The summed E-state index contributed by atoms with van der Waals surface area (Å²) in [6.45, 7) is 1.34. The molecule has 3 rings (SSSR count). The van der Waals surface area contributed by atoms with E-state index in [1.807, 2.05) is 30.3 Å². The lowest BCUT2D eigenvalue weighted by molar-refractivity contribution is -0.116. The maximum atomic E-state index is 13.6. The number of nitrogens with zero attached hydrogens (tertiary/aromatic N) is 3. The average molecular weight is 485 g/mol. The first-order valence-corrected chi connectivity index (χ1v) is 12.6. The van der Waals surface area contributed by atoms with Crippen LogP contribution in [0.2, 0.25) is 0 Å². The van der Waals surface area contributed by atoms with Crippen LogP contribution >= 0.6 is 23.1 Å². The Kier molecular flexibility index (Phi) is 7.23. The summed E-state index contributed by atoms with van der Waals surface area (Å²) in [6, 6.07) is 11.1. The number of thioether (sulfide) groups is 1. The minimum Gasteiger partial charge on any atom is -0.299 e. The predicted molar refractivity (Wildman–Crippen MR) is 118 cm³/mol. The third-order valence-electron chi connectivity index (χ3n) is 4.09. The first-order chi connectivity index (χ1) is 14.6. The van der Waals surface area contributed by atoms with Crippen molar-refractivity contribution in [1.82, 2.24) is 10.2 Å². The third-order valence-corrected chi connectivity index (χ3v) is 7.37. The van der Waals surface area contributed by atoms with E-state index in [2.05, 4.69) is 15.5 Å². The van der Waals surface area contributed by atoms with Crippen LogP contribution in [0, 0.1) is 11.6 Å². The molecular formula is C19H18F2N4O3S3. The van der Waals surface area contributed by atoms with E-state index in [4.69, 9.17) is 0 Å². The maximum absolute atomic E-state index is 13.6. The van der Waals surface area contributed by atoms with Crippen LogP contribution in [0.3, 0.4) is 0 Å². The number of carbonyl (C=O) groups excluding carboxylic acids is 1. The lowest BCUT2D eigenvalue weighted by atomic mass is 10.2. The molecule has 1 amide bonds. The number of carbonyl (C=O) groups is 1. The summed E-state index contributed by atoms with van der Waals surface area (Å²) < 4.78 is 52.7. The number of nitrogens with one attached hydrogen (secondary N) is 1. The summed E-state index contributed by atoms with van der Waals surface area (Å²) in [5.74, 6) is -2.35.